The Bertz CT molecular complexity index is 135. The van der Waals surface area contributed by atoms with Gasteiger partial charge < -0.3 is 5.73 Å². The van der Waals surface area contributed by atoms with Crippen LogP contribution < -0.4 is 10.9 Å². The van der Waals surface area contributed by atoms with Crippen molar-refractivity contribution in [2.45, 2.75) is 19.8 Å². The van der Waals surface area contributed by atoms with Crippen LogP contribution in [0.25, 0.3) is 0 Å². The Morgan fingerprint density at radius 1 is 1.50 bits per heavy atom. The van der Waals surface area contributed by atoms with Gasteiger partial charge in [-0.05, 0) is 13.0 Å². The molecule has 0 bridgehead atoms. The van der Waals surface area contributed by atoms with Crippen molar-refractivity contribution < 1.29 is 12.3 Å². The summed E-state index contributed by atoms with van der Waals surface area (Å²) in [5.74, 6) is 0. The smallest absolute Gasteiger partial charge is 0.330 e. The van der Waals surface area contributed by atoms with Gasteiger partial charge in [0.05, 0.1) is 0 Å². The fourth-order valence-corrected chi connectivity index (χ4v) is 0.204. The molecule has 0 unspecified atom stereocenters. The lowest BCUT2D eigenvalue weighted by Crippen LogP contribution is -2.01. The topological polar surface area (TPSA) is 86.2 Å². The molecule has 0 radical (unpaired) electrons. The Kier molecular flexibility index (Phi) is 8.62. The summed E-state index contributed by atoms with van der Waals surface area (Å²) >= 11 is 0. The molecule has 10 heavy (non-hydrogen) atoms. The van der Waals surface area contributed by atoms with E-state index in [1.165, 1.54) is 12.8 Å². The van der Waals surface area contributed by atoms with Crippen LogP contribution in [0.15, 0.2) is 0 Å². The Morgan fingerprint density at radius 3 is 1.80 bits per heavy atom. The van der Waals surface area contributed by atoms with Crippen LogP contribution in [-0.2, 0) is 10.4 Å². The molecule has 0 aliphatic rings. The number of rotatable bonds is 2. The van der Waals surface area contributed by atoms with Crippen molar-refractivity contribution in [1.29, 1.82) is 0 Å². The van der Waals surface area contributed by atoms with Crippen LogP contribution in [0.1, 0.15) is 19.8 Å². The van der Waals surface area contributed by atoms with E-state index in [0.29, 0.717) is 0 Å². The lowest BCUT2D eigenvalue weighted by Gasteiger charge is -1.80. The summed E-state index contributed by atoms with van der Waals surface area (Å²) < 4.78 is 27.9. The second-order valence-corrected chi connectivity index (χ2v) is 2.57. The van der Waals surface area contributed by atoms with E-state index in [2.05, 4.69) is 12.1 Å². The molecule has 0 aliphatic carbocycles. The SMILES string of the molecule is CCCCN.NS(=O)(=O)F. The highest BCUT2D eigenvalue weighted by Crippen LogP contribution is 1.77. The van der Waals surface area contributed by atoms with Crippen LogP contribution in [-0.4, -0.2) is 15.0 Å². The van der Waals surface area contributed by atoms with Crippen LogP contribution in [0.2, 0.25) is 0 Å². The van der Waals surface area contributed by atoms with Crippen molar-refractivity contribution >= 4 is 10.4 Å². The van der Waals surface area contributed by atoms with Gasteiger partial charge in [-0.15, -0.1) is 0 Å². The third-order valence-electron chi connectivity index (χ3n) is 0.558. The molecule has 0 fully saturated rings. The van der Waals surface area contributed by atoms with E-state index < -0.39 is 10.4 Å². The van der Waals surface area contributed by atoms with E-state index >= 15 is 0 Å². The van der Waals surface area contributed by atoms with Gasteiger partial charge in [-0.3, -0.25) is 0 Å². The molecule has 0 aromatic heterocycles. The van der Waals surface area contributed by atoms with E-state index in [-0.39, 0.29) is 0 Å². The van der Waals surface area contributed by atoms with Gasteiger partial charge in [0.2, 0.25) is 0 Å². The van der Waals surface area contributed by atoms with Crippen LogP contribution in [0, 0.1) is 0 Å². The number of nitrogens with two attached hydrogens (primary N) is 2. The van der Waals surface area contributed by atoms with Gasteiger partial charge in [-0.25, -0.2) is 5.14 Å². The summed E-state index contributed by atoms with van der Waals surface area (Å²) in [6, 6.07) is 0. The summed E-state index contributed by atoms with van der Waals surface area (Å²) in [5, 5.41) is 3.66. The minimum absolute atomic E-state index is 0.844. The second kappa shape index (κ2) is 6.91. The monoisotopic (exact) mass is 172 g/mol. The van der Waals surface area contributed by atoms with Crippen molar-refractivity contribution in [1.82, 2.24) is 0 Å². The summed E-state index contributed by atoms with van der Waals surface area (Å²) in [5.41, 5.74) is 5.14. The third-order valence-corrected chi connectivity index (χ3v) is 0.558. The van der Waals surface area contributed by atoms with Crippen LogP contribution in [0.4, 0.5) is 3.89 Å². The predicted molar refractivity (Wildman–Crippen MR) is 38.2 cm³/mol. The zero-order chi connectivity index (χ0) is 8.62. The van der Waals surface area contributed by atoms with Gasteiger partial charge in [0.15, 0.2) is 0 Å². The molecule has 0 heterocycles. The molecule has 0 aliphatic heterocycles. The van der Waals surface area contributed by atoms with Gasteiger partial charge in [-0.2, -0.15) is 8.42 Å². The maximum absolute atomic E-state index is 10.4. The first-order valence-electron chi connectivity index (χ1n) is 2.84. The fourth-order valence-electron chi connectivity index (χ4n) is 0.204. The molecule has 0 aromatic rings. The molecule has 64 valence electrons. The van der Waals surface area contributed by atoms with Crippen molar-refractivity contribution in [3.8, 4) is 0 Å². The quantitative estimate of drug-likeness (QED) is 0.570. The highest BCUT2D eigenvalue weighted by Gasteiger charge is 1.86. The number of hydrogen-bond acceptors (Lipinski definition) is 3. The van der Waals surface area contributed by atoms with Crippen LogP contribution >= 0.6 is 0 Å². The van der Waals surface area contributed by atoms with Gasteiger partial charge >= 0.3 is 10.4 Å². The van der Waals surface area contributed by atoms with Gasteiger partial charge in [0.25, 0.3) is 0 Å². The van der Waals surface area contributed by atoms with E-state index in [0.717, 1.165) is 6.54 Å². The van der Waals surface area contributed by atoms with E-state index in [4.69, 9.17) is 14.2 Å². The molecule has 0 saturated carbocycles. The first kappa shape index (κ1) is 12.5. The lowest BCUT2D eigenvalue weighted by atomic mass is 10.3. The third kappa shape index (κ3) is 111. The summed E-state index contributed by atoms with van der Waals surface area (Å²) in [6.07, 6.45) is 2.39. The molecule has 0 saturated heterocycles. The Hall–Kier alpha value is -0.200. The molecule has 4 nitrogen and oxygen atoms in total. The molecule has 0 atom stereocenters. The molecule has 0 spiro atoms. The van der Waals surface area contributed by atoms with E-state index in [1.807, 2.05) is 0 Å². The molecule has 0 rings (SSSR count). The lowest BCUT2D eigenvalue weighted by molar-refractivity contribution is 0.554. The Balaban J connectivity index is 0. The van der Waals surface area contributed by atoms with Crippen LogP contribution in [0.3, 0.4) is 0 Å². The summed E-state index contributed by atoms with van der Waals surface area (Å²) in [4.78, 5) is 0. The first-order valence-corrected chi connectivity index (χ1v) is 4.29. The van der Waals surface area contributed by atoms with Crippen molar-refractivity contribution in [2.24, 2.45) is 10.9 Å². The number of hydrogen-bond donors (Lipinski definition) is 2. The average Bonchev–Trinajstić information content (AvgIpc) is 1.63. The maximum Gasteiger partial charge on any atom is 0.369 e. The minimum Gasteiger partial charge on any atom is -0.330 e. The average molecular weight is 172 g/mol. The van der Waals surface area contributed by atoms with Gasteiger partial charge in [0.1, 0.15) is 0 Å². The van der Waals surface area contributed by atoms with E-state index in [9.17, 15) is 3.89 Å². The van der Waals surface area contributed by atoms with Crippen molar-refractivity contribution in [2.75, 3.05) is 6.54 Å². The fraction of sp³-hybridized carbons (Fsp3) is 1.00. The Labute approximate surface area is 60.7 Å². The number of halogens is 1. The molecule has 6 heteroatoms. The van der Waals surface area contributed by atoms with Crippen molar-refractivity contribution in [3.05, 3.63) is 0 Å². The summed E-state index contributed by atoms with van der Waals surface area (Å²) in [6.45, 7) is 2.98. The molecule has 0 amide bonds. The highest BCUT2D eigenvalue weighted by molar-refractivity contribution is 7.83. The van der Waals surface area contributed by atoms with Crippen molar-refractivity contribution in [3.63, 3.8) is 0 Å². The molecular formula is C4H13FN2O2S. The molecular weight excluding hydrogens is 159 g/mol. The zero-order valence-corrected chi connectivity index (χ0v) is 6.70. The van der Waals surface area contributed by atoms with Crippen LogP contribution in [0.5, 0.6) is 0 Å². The molecule has 0 aromatic carbocycles. The van der Waals surface area contributed by atoms with Gasteiger partial charge in [-0.1, -0.05) is 17.2 Å². The predicted octanol–water partition coefficient (Wildman–Crippen LogP) is -0.0954. The number of unbranched alkanes of at least 4 members (excludes halogenated alkanes) is 1. The standard InChI is InChI=1S/C4H11N.FH2NO2S/c1-2-3-4-5;1-5(2,3)4/h2-5H2,1H3;(H2,2,3,4). The largest absolute Gasteiger partial charge is 0.369 e. The maximum atomic E-state index is 10.4. The zero-order valence-electron chi connectivity index (χ0n) is 5.88. The normalized spacial score (nSPS) is 10.0. The highest BCUT2D eigenvalue weighted by atomic mass is 32.3. The minimum atomic E-state index is -4.67. The second-order valence-electron chi connectivity index (χ2n) is 1.62. The summed E-state index contributed by atoms with van der Waals surface area (Å²) in [7, 11) is -4.67. The Morgan fingerprint density at radius 2 is 1.80 bits per heavy atom. The molecule has 4 N–H and O–H groups in total. The first-order chi connectivity index (χ1) is 4.41. The van der Waals surface area contributed by atoms with E-state index in [1.54, 1.807) is 0 Å². The van der Waals surface area contributed by atoms with Gasteiger partial charge in [0, 0.05) is 0 Å².